The third kappa shape index (κ3) is 5.21. The molecule has 0 aromatic heterocycles. The molecule has 0 amide bonds. The third-order valence-electron chi connectivity index (χ3n) is 4.37. The number of para-hydroxylation sites is 1. The standard InChI is InChI=1S/C23H21N3O3S/c1-15-6-8-16(9-7-15)20-5-3-4-18(21(20)29-2)14-24-26-23(30)25-19-12-10-17(11-13-19)22(27)28/h3-14H,1-2H3,(H,27,28)(H2,25,26,30)/b24-14+. The molecule has 0 atom stereocenters. The number of nitrogens with one attached hydrogen (secondary N) is 2. The molecule has 152 valence electrons. The van der Waals surface area contributed by atoms with Crippen LogP contribution in [-0.4, -0.2) is 29.5 Å². The highest BCUT2D eigenvalue weighted by atomic mass is 32.1. The van der Waals surface area contributed by atoms with Crippen molar-refractivity contribution in [1.82, 2.24) is 5.43 Å². The van der Waals surface area contributed by atoms with Gasteiger partial charge in [0.1, 0.15) is 5.75 Å². The fourth-order valence-electron chi connectivity index (χ4n) is 2.86. The van der Waals surface area contributed by atoms with Gasteiger partial charge in [0.15, 0.2) is 5.11 Å². The molecule has 0 aliphatic carbocycles. The van der Waals surface area contributed by atoms with Crippen LogP contribution in [0.4, 0.5) is 5.69 Å². The van der Waals surface area contributed by atoms with Gasteiger partial charge in [0.05, 0.1) is 18.9 Å². The van der Waals surface area contributed by atoms with E-state index in [4.69, 9.17) is 22.1 Å². The van der Waals surface area contributed by atoms with Crippen LogP contribution >= 0.6 is 12.2 Å². The van der Waals surface area contributed by atoms with Gasteiger partial charge in [-0.1, -0.05) is 42.0 Å². The molecule has 0 radical (unpaired) electrons. The number of thiocarbonyl (C=S) groups is 1. The first kappa shape index (κ1) is 21.0. The van der Waals surface area contributed by atoms with Crippen LogP contribution in [-0.2, 0) is 0 Å². The highest BCUT2D eigenvalue weighted by Gasteiger charge is 2.09. The minimum Gasteiger partial charge on any atom is -0.495 e. The summed E-state index contributed by atoms with van der Waals surface area (Å²) >= 11 is 5.23. The van der Waals surface area contributed by atoms with E-state index in [0.29, 0.717) is 5.69 Å². The number of anilines is 1. The topological polar surface area (TPSA) is 83.0 Å². The van der Waals surface area contributed by atoms with Crippen LogP contribution in [0.2, 0.25) is 0 Å². The maximum atomic E-state index is 10.9. The number of hydrogen-bond acceptors (Lipinski definition) is 4. The minimum atomic E-state index is -0.978. The van der Waals surface area contributed by atoms with Crippen LogP contribution in [0.15, 0.2) is 71.8 Å². The van der Waals surface area contributed by atoms with Gasteiger partial charge in [-0.05, 0) is 55.0 Å². The number of benzene rings is 3. The normalized spacial score (nSPS) is 10.6. The van der Waals surface area contributed by atoms with Crippen molar-refractivity contribution in [2.45, 2.75) is 6.92 Å². The summed E-state index contributed by atoms with van der Waals surface area (Å²) in [6, 6.07) is 20.3. The summed E-state index contributed by atoms with van der Waals surface area (Å²) in [5.74, 6) is -0.260. The number of hydrazone groups is 1. The summed E-state index contributed by atoms with van der Waals surface area (Å²) in [6.45, 7) is 2.05. The van der Waals surface area contributed by atoms with E-state index < -0.39 is 5.97 Å². The zero-order chi connectivity index (χ0) is 21.5. The highest BCUT2D eigenvalue weighted by Crippen LogP contribution is 2.32. The van der Waals surface area contributed by atoms with E-state index in [0.717, 1.165) is 22.4 Å². The molecule has 3 aromatic carbocycles. The number of carbonyl (C=O) groups is 1. The van der Waals surface area contributed by atoms with E-state index in [2.05, 4.69) is 40.1 Å². The van der Waals surface area contributed by atoms with Gasteiger partial charge < -0.3 is 15.2 Å². The maximum absolute atomic E-state index is 10.9. The second-order valence-corrected chi connectivity index (χ2v) is 6.91. The number of carboxylic acid groups (broad SMARTS) is 1. The van der Waals surface area contributed by atoms with Crippen LogP contribution in [0.25, 0.3) is 11.1 Å². The van der Waals surface area contributed by atoms with Crippen molar-refractivity contribution in [2.75, 3.05) is 12.4 Å². The summed E-state index contributed by atoms with van der Waals surface area (Å²) in [5.41, 5.74) is 7.64. The van der Waals surface area contributed by atoms with Crippen LogP contribution in [0.5, 0.6) is 5.75 Å². The number of hydrogen-bond donors (Lipinski definition) is 3. The predicted molar refractivity (Wildman–Crippen MR) is 124 cm³/mol. The fraction of sp³-hybridized carbons (Fsp3) is 0.0870. The number of carboxylic acids is 1. The minimum absolute atomic E-state index is 0.206. The van der Waals surface area contributed by atoms with Crippen molar-refractivity contribution in [3.63, 3.8) is 0 Å². The molecule has 3 N–H and O–H groups in total. The highest BCUT2D eigenvalue weighted by molar-refractivity contribution is 7.80. The van der Waals surface area contributed by atoms with Crippen molar-refractivity contribution >= 4 is 35.2 Å². The van der Waals surface area contributed by atoms with E-state index in [-0.39, 0.29) is 10.7 Å². The molecule has 7 heteroatoms. The number of ether oxygens (including phenoxy) is 1. The van der Waals surface area contributed by atoms with E-state index in [9.17, 15) is 4.79 Å². The largest absolute Gasteiger partial charge is 0.495 e. The SMILES string of the molecule is COc1c(/C=N/NC(=S)Nc2ccc(C(=O)O)cc2)cccc1-c1ccc(C)cc1. The average molecular weight is 420 g/mol. The number of methoxy groups -OCH3 is 1. The van der Waals surface area contributed by atoms with Gasteiger partial charge in [0, 0.05) is 16.8 Å². The Balaban J connectivity index is 1.69. The average Bonchev–Trinajstić information content (AvgIpc) is 2.74. The summed E-state index contributed by atoms with van der Waals surface area (Å²) < 4.78 is 5.63. The van der Waals surface area contributed by atoms with E-state index in [1.54, 1.807) is 25.5 Å². The van der Waals surface area contributed by atoms with Gasteiger partial charge in [0.2, 0.25) is 0 Å². The molecule has 0 fully saturated rings. The Kier molecular flexibility index (Phi) is 6.77. The lowest BCUT2D eigenvalue weighted by atomic mass is 10.0. The zero-order valence-electron chi connectivity index (χ0n) is 16.5. The lowest BCUT2D eigenvalue weighted by molar-refractivity contribution is 0.0697. The summed E-state index contributed by atoms with van der Waals surface area (Å²) in [7, 11) is 1.63. The molecule has 0 aliphatic rings. The molecule has 0 bridgehead atoms. The number of aryl methyl sites for hydroxylation is 1. The van der Waals surface area contributed by atoms with Gasteiger partial charge in [-0.15, -0.1) is 0 Å². The molecule has 3 aromatic rings. The molecule has 0 saturated carbocycles. The Hall–Kier alpha value is -3.71. The van der Waals surface area contributed by atoms with Crippen molar-refractivity contribution in [3.05, 3.63) is 83.4 Å². The Morgan fingerprint density at radius 1 is 1.07 bits per heavy atom. The number of nitrogens with zero attached hydrogens (tertiary/aromatic N) is 1. The summed E-state index contributed by atoms with van der Waals surface area (Å²) in [4.78, 5) is 10.9. The quantitative estimate of drug-likeness (QED) is 0.305. The van der Waals surface area contributed by atoms with Gasteiger partial charge in [-0.2, -0.15) is 5.10 Å². The Bertz CT molecular complexity index is 1080. The van der Waals surface area contributed by atoms with Gasteiger partial charge >= 0.3 is 5.97 Å². The molecule has 0 aliphatic heterocycles. The molecular formula is C23H21N3O3S. The number of rotatable bonds is 6. The first-order valence-corrected chi connectivity index (χ1v) is 9.56. The first-order chi connectivity index (χ1) is 14.5. The molecule has 0 spiro atoms. The van der Waals surface area contributed by atoms with Gasteiger partial charge in [-0.3, -0.25) is 5.43 Å². The molecular weight excluding hydrogens is 398 g/mol. The van der Waals surface area contributed by atoms with Gasteiger partial charge in [-0.25, -0.2) is 4.79 Å². The Morgan fingerprint density at radius 3 is 2.40 bits per heavy atom. The molecule has 0 saturated heterocycles. The second kappa shape index (κ2) is 9.67. The van der Waals surface area contributed by atoms with Crippen LogP contribution < -0.4 is 15.5 Å². The lowest BCUT2D eigenvalue weighted by Crippen LogP contribution is -2.23. The van der Waals surface area contributed by atoms with Crippen LogP contribution in [0.3, 0.4) is 0 Å². The Morgan fingerprint density at radius 2 is 1.77 bits per heavy atom. The summed E-state index contributed by atoms with van der Waals surface area (Å²) in [5, 5.41) is 16.4. The lowest BCUT2D eigenvalue weighted by Gasteiger charge is -2.12. The molecule has 3 rings (SSSR count). The monoisotopic (exact) mass is 419 g/mol. The zero-order valence-corrected chi connectivity index (χ0v) is 17.4. The maximum Gasteiger partial charge on any atom is 0.335 e. The first-order valence-electron chi connectivity index (χ1n) is 9.15. The molecule has 0 unspecified atom stereocenters. The Labute approximate surface area is 180 Å². The molecule has 30 heavy (non-hydrogen) atoms. The fourth-order valence-corrected chi connectivity index (χ4v) is 3.03. The summed E-state index contributed by atoms with van der Waals surface area (Å²) in [6.07, 6.45) is 1.64. The van der Waals surface area contributed by atoms with E-state index >= 15 is 0 Å². The van der Waals surface area contributed by atoms with Crippen LogP contribution in [0, 0.1) is 6.92 Å². The van der Waals surface area contributed by atoms with Crippen molar-refractivity contribution in [1.29, 1.82) is 0 Å². The van der Waals surface area contributed by atoms with E-state index in [1.165, 1.54) is 17.7 Å². The third-order valence-corrected chi connectivity index (χ3v) is 4.56. The van der Waals surface area contributed by atoms with Gasteiger partial charge in [0.25, 0.3) is 0 Å². The van der Waals surface area contributed by atoms with Crippen molar-refractivity contribution in [3.8, 4) is 16.9 Å². The smallest absolute Gasteiger partial charge is 0.335 e. The van der Waals surface area contributed by atoms with Crippen LogP contribution in [0.1, 0.15) is 21.5 Å². The predicted octanol–water partition coefficient (Wildman–Crippen LogP) is 4.69. The molecule has 6 nitrogen and oxygen atoms in total. The molecule has 0 heterocycles. The van der Waals surface area contributed by atoms with Crippen molar-refractivity contribution in [2.24, 2.45) is 5.10 Å². The van der Waals surface area contributed by atoms with Crippen molar-refractivity contribution < 1.29 is 14.6 Å². The second-order valence-electron chi connectivity index (χ2n) is 6.50. The number of aromatic carboxylic acids is 1. The van der Waals surface area contributed by atoms with E-state index in [1.807, 2.05) is 25.1 Å².